The molecule has 2 aromatic carbocycles. The Labute approximate surface area is 219 Å². The summed E-state index contributed by atoms with van der Waals surface area (Å²) in [7, 11) is 2.93. The van der Waals surface area contributed by atoms with Crippen LogP contribution in [0.1, 0.15) is 42.7 Å². The largest absolute Gasteiger partial charge is 0.503 e. The highest BCUT2D eigenvalue weighted by atomic mass is 35.5. The van der Waals surface area contributed by atoms with Gasteiger partial charge in [-0.3, -0.25) is 4.79 Å². The van der Waals surface area contributed by atoms with Crippen molar-refractivity contribution in [1.82, 2.24) is 5.32 Å². The van der Waals surface area contributed by atoms with Gasteiger partial charge in [0.25, 0.3) is 0 Å². The van der Waals surface area contributed by atoms with E-state index < -0.39 is 11.9 Å². The average Bonchev–Trinajstić information content (AvgIpc) is 2.85. The number of ether oxygens (including phenoxy) is 3. The van der Waals surface area contributed by atoms with Crippen LogP contribution >= 0.6 is 23.2 Å². The van der Waals surface area contributed by atoms with Crippen LogP contribution in [0.3, 0.4) is 0 Å². The van der Waals surface area contributed by atoms with Crippen molar-refractivity contribution in [3.05, 3.63) is 80.1 Å². The third-order valence-electron chi connectivity index (χ3n) is 6.51. The maximum atomic E-state index is 13.7. The number of allylic oxidation sites excluding steroid dienone is 3. The molecule has 36 heavy (non-hydrogen) atoms. The van der Waals surface area contributed by atoms with Crippen molar-refractivity contribution in [2.75, 3.05) is 27.4 Å². The zero-order valence-corrected chi connectivity index (χ0v) is 21.7. The number of hydrogen-bond donors (Lipinski definition) is 2. The van der Waals surface area contributed by atoms with Crippen molar-refractivity contribution in [3.8, 4) is 11.5 Å². The Morgan fingerprint density at radius 1 is 1.08 bits per heavy atom. The fourth-order valence-electron chi connectivity index (χ4n) is 4.83. The van der Waals surface area contributed by atoms with Gasteiger partial charge in [-0.05, 0) is 54.7 Å². The molecule has 2 atom stereocenters. The highest BCUT2D eigenvalue weighted by Gasteiger charge is 2.42. The first kappa shape index (κ1) is 26.1. The molecule has 0 spiro atoms. The van der Waals surface area contributed by atoms with Gasteiger partial charge < -0.3 is 24.6 Å². The van der Waals surface area contributed by atoms with Gasteiger partial charge in [0.15, 0.2) is 17.3 Å². The van der Waals surface area contributed by atoms with Gasteiger partial charge >= 0.3 is 5.97 Å². The summed E-state index contributed by atoms with van der Waals surface area (Å²) in [5, 5.41) is 14.3. The van der Waals surface area contributed by atoms with Gasteiger partial charge in [0.05, 0.1) is 24.3 Å². The van der Waals surface area contributed by atoms with Crippen LogP contribution in [0.25, 0.3) is 0 Å². The van der Waals surface area contributed by atoms with Crippen LogP contribution in [-0.4, -0.2) is 44.3 Å². The molecule has 7 nitrogen and oxygen atoms in total. The van der Waals surface area contributed by atoms with Crippen molar-refractivity contribution in [3.63, 3.8) is 0 Å². The number of esters is 1. The van der Waals surface area contributed by atoms with Gasteiger partial charge in [-0.15, -0.1) is 0 Å². The van der Waals surface area contributed by atoms with Crippen LogP contribution in [0.15, 0.2) is 58.9 Å². The van der Waals surface area contributed by atoms with Gasteiger partial charge in [-0.25, -0.2) is 4.79 Å². The Balaban J connectivity index is 1.81. The van der Waals surface area contributed by atoms with Crippen molar-refractivity contribution in [2.24, 2.45) is 0 Å². The van der Waals surface area contributed by atoms with Crippen molar-refractivity contribution in [1.29, 1.82) is 0 Å². The van der Waals surface area contributed by atoms with Crippen molar-refractivity contribution >= 4 is 35.0 Å². The smallest absolute Gasteiger partial charge is 0.336 e. The molecule has 0 saturated carbocycles. The molecule has 9 heteroatoms. The van der Waals surface area contributed by atoms with E-state index in [1.807, 2.05) is 24.3 Å². The zero-order valence-electron chi connectivity index (χ0n) is 20.2. The minimum absolute atomic E-state index is 0.0392. The number of methoxy groups -OCH3 is 2. The van der Waals surface area contributed by atoms with E-state index in [9.17, 15) is 14.7 Å². The van der Waals surface area contributed by atoms with E-state index in [0.29, 0.717) is 33.9 Å². The predicted octanol–water partition coefficient (Wildman–Crippen LogP) is 5.26. The number of carbonyl (C=O) groups excluding carboxylic acids is 2. The number of hydrogen-bond acceptors (Lipinski definition) is 7. The summed E-state index contributed by atoms with van der Waals surface area (Å²) in [5.41, 5.74) is 3.65. The Kier molecular flexibility index (Phi) is 7.93. The van der Waals surface area contributed by atoms with Crippen LogP contribution in [-0.2, 0) is 19.1 Å². The average molecular weight is 532 g/mol. The maximum Gasteiger partial charge on any atom is 0.336 e. The first-order valence-electron chi connectivity index (χ1n) is 11.5. The Bertz CT molecular complexity index is 1250. The van der Waals surface area contributed by atoms with E-state index in [-0.39, 0.29) is 47.9 Å². The zero-order chi connectivity index (χ0) is 26.0. The number of benzene rings is 2. The number of ketones is 1. The van der Waals surface area contributed by atoms with Gasteiger partial charge in [-0.2, -0.15) is 0 Å². The number of nitrogens with one attached hydrogen (secondary N) is 1. The highest BCUT2D eigenvalue weighted by Crippen LogP contribution is 2.48. The molecule has 0 unspecified atom stereocenters. The number of Topliss-reactive ketones (excluding diaryl/α,β-unsaturated/α-hetero) is 1. The molecule has 2 aliphatic rings. The summed E-state index contributed by atoms with van der Waals surface area (Å²) in [6.07, 6.45) is 0.845. The van der Waals surface area contributed by atoms with Crippen LogP contribution in [0.4, 0.5) is 0 Å². The number of carbonyl (C=O) groups is 2. The lowest BCUT2D eigenvalue weighted by Gasteiger charge is -2.37. The van der Waals surface area contributed by atoms with E-state index >= 15 is 0 Å². The quantitative estimate of drug-likeness (QED) is 0.371. The number of halogens is 2. The monoisotopic (exact) mass is 531 g/mol. The molecule has 2 N–H and O–H groups in total. The first-order valence-corrected chi connectivity index (χ1v) is 12.2. The number of aromatic hydroxyl groups is 1. The number of phenolic OH excluding ortho intramolecular Hbond substituents is 1. The maximum absolute atomic E-state index is 13.7. The molecule has 0 fully saturated rings. The summed E-state index contributed by atoms with van der Waals surface area (Å²) in [6, 6.07) is 10.6. The minimum Gasteiger partial charge on any atom is -0.503 e. The van der Waals surface area contributed by atoms with Crippen LogP contribution in [0.5, 0.6) is 11.5 Å². The second-order valence-corrected chi connectivity index (χ2v) is 9.59. The third-order valence-corrected chi connectivity index (χ3v) is 7.05. The Hall–Kier alpha value is -3.00. The highest BCUT2D eigenvalue weighted by molar-refractivity contribution is 6.32. The lowest BCUT2D eigenvalue weighted by molar-refractivity contribution is -0.140. The Morgan fingerprint density at radius 3 is 2.47 bits per heavy atom. The summed E-state index contributed by atoms with van der Waals surface area (Å²) >= 11 is 12.4. The van der Waals surface area contributed by atoms with Gasteiger partial charge in [-0.1, -0.05) is 35.3 Å². The molecular formula is C27H27Cl2NO6. The summed E-state index contributed by atoms with van der Waals surface area (Å²) < 4.78 is 15.7. The molecule has 1 aliphatic heterocycles. The normalized spacial score (nSPS) is 19.6. The van der Waals surface area contributed by atoms with E-state index in [1.54, 1.807) is 19.1 Å². The number of rotatable bonds is 7. The van der Waals surface area contributed by atoms with E-state index in [0.717, 1.165) is 11.3 Å². The second kappa shape index (κ2) is 10.9. The number of dihydropyridines is 1. The van der Waals surface area contributed by atoms with Crippen molar-refractivity contribution < 1.29 is 28.9 Å². The topological polar surface area (TPSA) is 94.1 Å². The predicted molar refractivity (Wildman–Crippen MR) is 137 cm³/mol. The molecule has 190 valence electrons. The summed E-state index contributed by atoms with van der Waals surface area (Å²) in [4.78, 5) is 26.9. The lowest BCUT2D eigenvalue weighted by atomic mass is 9.71. The molecule has 4 rings (SSSR count). The molecule has 0 radical (unpaired) electrons. The molecule has 1 heterocycles. The van der Waals surface area contributed by atoms with Gasteiger partial charge in [0, 0.05) is 41.4 Å². The molecular weight excluding hydrogens is 505 g/mol. The van der Waals surface area contributed by atoms with Crippen molar-refractivity contribution in [2.45, 2.75) is 31.6 Å². The first-order chi connectivity index (χ1) is 17.2. The lowest BCUT2D eigenvalue weighted by Crippen LogP contribution is -2.36. The fourth-order valence-corrected chi connectivity index (χ4v) is 5.17. The molecule has 0 bridgehead atoms. The third kappa shape index (κ3) is 5.09. The summed E-state index contributed by atoms with van der Waals surface area (Å²) in [5.74, 6) is -1.51. The fraction of sp³-hybridized carbons (Fsp3) is 0.333. The molecule has 0 saturated heterocycles. The summed E-state index contributed by atoms with van der Waals surface area (Å²) in [6.45, 7) is 2.08. The van der Waals surface area contributed by atoms with E-state index in [2.05, 4.69) is 5.32 Å². The second-order valence-electron chi connectivity index (χ2n) is 8.75. The van der Waals surface area contributed by atoms with E-state index in [1.165, 1.54) is 14.2 Å². The molecule has 0 amide bonds. The molecule has 0 aromatic heterocycles. The number of phenols is 1. The minimum atomic E-state index is -0.748. The van der Waals surface area contributed by atoms with Gasteiger partial charge in [0.1, 0.15) is 6.61 Å². The van der Waals surface area contributed by atoms with Crippen LogP contribution in [0, 0.1) is 0 Å². The van der Waals surface area contributed by atoms with Crippen LogP contribution in [0.2, 0.25) is 10.0 Å². The molecule has 2 aromatic rings. The standard InChI is InChI=1S/C27H27Cl2NO6/c1-14-23(27(33)36-9-8-34-2)24(17-10-19(29)26(32)22(13-17)35-3)25-20(30-14)11-16(12-21(25)31)15-4-6-18(28)7-5-15/h4-7,10,13,16,24,30,32H,8-9,11-12H2,1-3H3/t16-,24-/m1/s1. The van der Waals surface area contributed by atoms with E-state index in [4.69, 9.17) is 37.4 Å². The molecule has 1 aliphatic carbocycles. The van der Waals surface area contributed by atoms with Gasteiger partial charge in [0.2, 0.25) is 0 Å². The SMILES string of the molecule is COCCOC(=O)C1=C(C)NC2=C(C(=O)C[C@H](c3ccc(Cl)cc3)C2)[C@@H]1c1cc(Cl)c(O)c(OC)c1. The Morgan fingerprint density at radius 2 is 1.81 bits per heavy atom. The van der Waals surface area contributed by atoms with Crippen LogP contribution < -0.4 is 10.1 Å².